The molecule has 110 valence electrons. The minimum absolute atomic E-state index is 0.759. The molecule has 2 aromatic rings. The Hall–Kier alpha value is -0.970. The van der Waals surface area contributed by atoms with Gasteiger partial charge >= 0.3 is 0 Å². The smallest absolute Gasteiger partial charge is 0.172 e. The quantitative estimate of drug-likeness (QED) is 0.799. The van der Waals surface area contributed by atoms with E-state index < -0.39 is 0 Å². The zero-order valence-corrected chi connectivity index (χ0v) is 13.2. The van der Waals surface area contributed by atoms with Crippen molar-refractivity contribution in [3.05, 3.63) is 41.7 Å². The molecule has 0 radical (unpaired) electrons. The summed E-state index contributed by atoms with van der Waals surface area (Å²) in [6.07, 6.45) is 5.11. The maximum Gasteiger partial charge on any atom is 0.172 e. The van der Waals surface area contributed by atoms with Gasteiger partial charge in [0.25, 0.3) is 0 Å². The van der Waals surface area contributed by atoms with Crippen LogP contribution in [0.4, 0.5) is 0 Å². The van der Waals surface area contributed by atoms with Crippen molar-refractivity contribution in [1.82, 2.24) is 9.55 Å². The Morgan fingerprint density at radius 2 is 2.14 bits per heavy atom. The van der Waals surface area contributed by atoms with Gasteiger partial charge in [0.05, 0.1) is 0 Å². The first-order valence-corrected chi connectivity index (χ1v) is 8.69. The van der Waals surface area contributed by atoms with E-state index in [-0.39, 0.29) is 0 Å². The molecule has 0 amide bonds. The lowest BCUT2D eigenvalue weighted by atomic mass is 10.2. The standard InChI is InChI=1S/C16H17ClN2OS/c17-11-1-3-12(4-2-11)19-7-6-18-16(19)21-10-15-13-5-8-20-9-14(13)15/h1-4,6-7,13-15H,5,8-10H2. The Labute approximate surface area is 133 Å². The molecule has 2 aliphatic rings. The van der Waals surface area contributed by atoms with E-state index in [2.05, 4.69) is 9.55 Å². The number of imidazole rings is 1. The van der Waals surface area contributed by atoms with E-state index >= 15 is 0 Å². The molecule has 1 saturated heterocycles. The van der Waals surface area contributed by atoms with Crippen molar-refractivity contribution < 1.29 is 4.74 Å². The fraction of sp³-hybridized carbons (Fsp3) is 0.438. The summed E-state index contributed by atoms with van der Waals surface area (Å²) >= 11 is 7.80. The van der Waals surface area contributed by atoms with Crippen LogP contribution in [0, 0.1) is 17.8 Å². The summed E-state index contributed by atoms with van der Waals surface area (Å²) < 4.78 is 7.68. The highest BCUT2D eigenvalue weighted by atomic mass is 35.5. The average Bonchev–Trinajstić information content (AvgIpc) is 3.02. The van der Waals surface area contributed by atoms with Crippen LogP contribution in [-0.4, -0.2) is 28.5 Å². The van der Waals surface area contributed by atoms with Gasteiger partial charge in [-0.15, -0.1) is 0 Å². The highest BCUT2D eigenvalue weighted by Crippen LogP contribution is 2.52. The van der Waals surface area contributed by atoms with Crippen molar-refractivity contribution in [2.45, 2.75) is 11.6 Å². The van der Waals surface area contributed by atoms with E-state index in [4.69, 9.17) is 16.3 Å². The van der Waals surface area contributed by atoms with Gasteiger partial charge in [-0.25, -0.2) is 4.98 Å². The molecular formula is C16H17ClN2OS. The number of aromatic nitrogens is 2. The fourth-order valence-corrected chi connectivity index (χ4v) is 4.65. The first-order chi connectivity index (χ1) is 10.3. The summed E-state index contributed by atoms with van der Waals surface area (Å²) in [7, 11) is 0. The number of hydrogen-bond acceptors (Lipinski definition) is 3. The molecule has 2 heterocycles. The van der Waals surface area contributed by atoms with Crippen molar-refractivity contribution in [2.24, 2.45) is 17.8 Å². The number of ether oxygens (including phenoxy) is 1. The molecule has 0 spiro atoms. The third kappa shape index (κ3) is 2.72. The van der Waals surface area contributed by atoms with E-state index in [1.807, 2.05) is 48.4 Å². The van der Waals surface area contributed by atoms with Crippen molar-refractivity contribution >= 4 is 23.4 Å². The lowest BCUT2D eigenvalue weighted by Crippen LogP contribution is -2.07. The summed E-state index contributed by atoms with van der Waals surface area (Å²) in [5.74, 6) is 3.65. The summed E-state index contributed by atoms with van der Waals surface area (Å²) in [4.78, 5) is 4.49. The van der Waals surface area contributed by atoms with Crippen molar-refractivity contribution in [2.75, 3.05) is 19.0 Å². The Balaban J connectivity index is 1.44. The first-order valence-electron chi connectivity index (χ1n) is 7.33. The highest BCUT2D eigenvalue weighted by molar-refractivity contribution is 7.99. The third-order valence-electron chi connectivity index (χ3n) is 4.53. The largest absolute Gasteiger partial charge is 0.381 e. The number of hydrogen-bond donors (Lipinski definition) is 0. The SMILES string of the molecule is Clc1ccc(-n2ccnc2SCC2C3CCOCC32)cc1. The Morgan fingerprint density at radius 3 is 2.90 bits per heavy atom. The molecule has 21 heavy (non-hydrogen) atoms. The molecule has 3 nitrogen and oxygen atoms in total. The maximum absolute atomic E-state index is 5.95. The number of halogens is 1. The van der Waals surface area contributed by atoms with Crippen LogP contribution < -0.4 is 0 Å². The normalized spacial score (nSPS) is 27.4. The minimum Gasteiger partial charge on any atom is -0.381 e. The van der Waals surface area contributed by atoms with Gasteiger partial charge in [0.1, 0.15) is 0 Å². The van der Waals surface area contributed by atoms with Gasteiger partial charge in [-0.3, -0.25) is 4.57 Å². The van der Waals surface area contributed by atoms with E-state index in [0.717, 1.165) is 52.6 Å². The van der Waals surface area contributed by atoms with Gasteiger partial charge in [-0.1, -0.05) is 23.4 Å². The highest BCUT2D eigenvalue weighted by Gasteiger charge is 2.50. The molecule has 1 aliphatic carbocycles. The molecule has 2 fully saturated rings. The number of thioether (sulfide) groups is 1. The molecule has 3 unspecified atom stereocenters. The van der Waals surface area contributed by atoms with Crippen LogP contribution in [0.5, 0.6) is 0 Å². The van der Waals surface area contributed by atoms with Gasteiger partial charge < -0.3 is 4.74 Å². The van der Waals surface area contributed by atoms with Crippen molar-refractivity contribution in [3.63, 3.8) is 0 Å². The molecule has 1 aromatic carbocycles. The van der Waals surface area contributed by atoms with Gasteiger partial charge in [-0.05, 0) is 48.4 Å². The van der Waals surface area contributed by atoms with Crippen LogP contribution in [0.25, 0.3) is 5.69 Å². The molecule has 1 saturated carbocycles. The predicted molar refractivity (Wildman–Crippen MR) is 85.2 cm³/mol. The molecule has 0 bridgehead atoms. The zero-order valence-electron chi connectivity index (χ0n) is 11.6. The number of rotatable bonds is 4. The van der Waals surface area contributed by atoms with E-state index in [0.29, 0.717) is 0 Å². The molecule has 1 aliphatic heterocycles. The van der Waals surface area contributed by atoms with Crippen LogP contribution in [0.2, 0.25) is 5.02 Å². The second-order valence-electron chi connectivity index (χ2n) is 5.72. The summed E-state index contributed by atoms with van der Waals surface area (Å²) in [5.41, 5.74) is 1.11. The monoisotopic (exact) mass is 320 g/mol. The van der Waals surface area contributed by atoms with Crippen LogP contribution in [0.3, 0.4) is 0 Å². The van der Waals surface area contributed by atoms with E-state index in [9.17, 15) is 0 Å². The van der Waals surface area contributed by atoms with Crippen molar-refractivity contribution in [3.8, 4) is 5.69 Å². The second kappa shape index (κ2) is 5.67. The lowest BCUT2D eigenvalue weighted by molar-refractivity contribution is 0.0886. The van der Waals surface area contributed by atoms with E-state index in [1.165, 1.54) is 6.42 Å². The summed E-state index contributed by atoms with van der Waals surface area (Å²) in [6.45, 7) is 1.91. The van der Waals surface area contributed by atoms with Gasteiger partial charge in [0.15, 0.2) is 5.16 Å². The second-order valence-corrected chi connectivity index (χ2v) is 7.15. The molecule has 0 N–H and O–H groups in total. The number of fused-ring (bicyclic) bond motifs is 1. The summed E-state index contributed by atoms with van der Waals surface area (Å²) in [5, 5.41) is 1.82. The average molecular weight is 321 g/mol. The summed E-state index contributed by atoms with van der Waals surface area (Å²) in [6, 6.07) is 7.88. The van der Waals surface area contributed by atoms with Crippen LogP contribution >= 0.6 is 23.4 Å². The topological polar surface area (TPSA) is 27.1 Å². The van der Waals surface area contributed by atoms with E-state index in [1.54, 1.807) is 0 Å². The number of nitrogens with zero attached hydrogens (tertiary/aromatic N) is 2. The Kier molecular flexibility index (Phi) is 3.69. The first kappa shape index (κ1) is 13.7. The van der Waals surface area contributed by atoms with Crippen LogP contribution in [0.1, 0.15) is 6.42 Å². The van der Waals surface area contributed by atoms with Crippen LogP contribution in [0.15, 0.2) is 41.8 Å². The Morgan fingerprint density at radius 1 is 1.29 bits per heavy atom. The molecule has 4 rings (SSSR count). The molecule has 5 heteroatoms. The molecule has 1 aromatic heterocycles. The molecular weight excluding hydrogens is 304 g/mol. The third-order valence-corrected chi connectivity index (χ3v) is 5.90. The maximum atomic E-state index is 5.95. The fourth-order valence-electron chi connectivity index (χ4n) is 3.25. The molecule has 3 atom stereocenters. The minimum atomic E-state index is 0.759. The van der Waals surface area contributed by atoms with Gasteiger partial charge in [-0.2, -0.15) is 0 Å². The predicted octanol–water partition coefficient (Wildman–Crippen LogP) is 3.90. The van der Waals surface area contributed by atoms with Gasteiger partial charge in [0.2, 0.25) is 0 Å². The van der Waals surface area contributed by atoms with Gasteiger partial charge in [0, 0.05) is 42.1 Å². The van der Waals surface area contributed by atoms with Crippen molar-refractivity contribution in [1.29, 1.82) is 0 Å². The van der Waals surface area contributed by atoms with Crippen LogP contribution in [-0.2, 0) is 4.74 Å². The Bertz CT molecular complexity index is 615. The number of benzene rings is 1. The zero-order chi connectivity index (χ0) is 14.2. The lowest BCUT2D eigenvalue weighted by Gasteiger charge is -2.07.